The second-order valence-corrected chi connectivity index (χ2v) is 6.54. The topological polar surface area (TPSA) is 55.8 Å². The Morgan fingerprint density at radius 2 is 1.92 bits per heavy atom. The molecule has 0 aromatic heterocycles. The Labute approximate surface area is 151 Å². The van der Waals surface area contributed by atoms with E-state index >= 15 is 0 Å². The van der Waals surface area contributed by atoms with E-state index in [2.05, 4.69) is 0 Å². The summed E-state index contributed by atoms with van der Waals surface area (Å²) in [5.41, 5.74) is 3.92. The van der Waals surface area contributed by atoms with Crippen LogP contribution in [0.3, 0.4) is 0 Å². The van der Waals surface area contributed by atoms with E-state index in [0.717, 1.165) is 16.8 Å². The highest BCUT2D eigenvalue weighted by Crippen LogP contribution is 2.42. The first-order valence-corrected chi connectivity index (χ1v) is 8.52. The first-order chi connectivity index (χ1) is 12.6. The fourth-order valence-corrected chi connectivity index (χ4v) is 3.66. The third kappa shape index (κ3) is 2.65. The zero-order chi connectivity index (χ0) is 18.3. The van der Waals surface area contributed by atoms with E-state index in [1.165, 1.54) is 0 Å². The van der Waals surface area contributed by atoms with Crippen LogP contribution in [0.1, 0.15) is 23.5 Å². The number of amides is 1. The quantitative estimate of drug-likeness (QED) is 0.798. The average molecular weight is 349 g/mol. The van der Waals surface area contributed by atoms with Gasteiger partial charge in [-0.3, -0.25) is 9.69 Å². The molecule has 4 rings (SSSR count). The molecule has 0 bridgehead atoms. The van der Waals surface area contributed by atoms with Gasteiger partial charge in [-0.05, 0) is 42.3 Å². The summed E-state index contributed by atoms with van der Waals surface area (Å²) in [6.45, 7) is 2.09. The molecule has 2 aromatic rings. The van der Waals surface area contributed by atoms with E-state index in [4.69, 9.17) is 9.47 Å². The van der Waals surface area contributed by atoms with Crippen molar-refractivity contribution < 1.29 is 19.1 Å². The minimum Gasteiger partial charge on any atom is -0.497 e. The van der Waals surface area contributed by atoms with Gasteiger partial charge in [-0.15, -0.1) is 0 Å². The van der Waals surface area contributed by atoms with E-state index in [-0.39, 0.29) is 30.8 Å². The van der Waals surface area contributed by atoms with Gasteiger partial charge in [-0.2, -0.15) is 0 Å². The molecule has 0 fully saturated rings. The molecular weight excluding hydrogens is 330 g/mol. The molecule has 1 unspecified atom stereocenters. The number of carbonyl (C=O) groups is 2. The molecule has 2 aliphatic heterocycles. The first kappa shape index (κ1) is 16.4. The molecule has 5 nitrogen and oxygen atoms in total. The van der Waals surface area contributed by atoms with Crippen LogP contribution in [0.5, 0.6) is 5.75 Å². The molecular formula is C21H19NO4. The molecule has 1 amide bonds. The summed E-state index contributed by atoms with van der Waals surface area (Å²) in [6, 6.07) is 15.2. The number of hydrogen-bond donors (Lipinski definition) is 0. The number of anilines is 1. The number of rotatable bonds is 3. The Bertz CT molecular complexity index is 931. The molecule has 132 valence electrons. The molecule has 0 N–H and O–H groups in total. The number of nitrogens with zero attached hydrogens (tertiary/aromatic N) is 1. The fourth-order valence-electron chi connectivity index (χ4n) is 3.66. The van der Waals surface area contributed by atoms with Crippen molar-refractivity contribution in [3.63, 3.8) is 0 Å². The minimum atomic E-state index is -0.349. The number of benzene rings is 2. The number of ether oxygens (including phenoxy) is 2. The summed E-state index contributed by atoms with van der Waals surface area (Å²) in [5, 5.41) is 0. The highest BCUT2D eigenvalue weighted by atomic mass is 16.5. The van der Waals surface area contributed by atoms with Crippen molar-refractivity contribution >= 4 is 17.6 Å². The fraction of sp³-hybridized carbons (Fsp3) is 0.238. The van der Waals surface area contributed by atoms with Crippen molar-refractivity contribution in [2.24, 2.45) is 0 Å². The van der Waals surface area contributed by atoms with Gasteiger partial charge in [0, 0.05) is 18.0 Å². The largest absolute Gasteiger partial charge is 0.497 e. The van der Waals surface area contributed by atoms with Crippen LogP contribution in [-0.4, -0.2) is 25.6 Å². The monoisotopic (exact) mass is 349 g/mol. The summed E-state index contributed by atoms with van der Waals surface area (Å²) in [6.07, 6.45) is 0.217. The van der Waals surface area contributed by atoms with Gasteiger partial charge in [0.2, 0.25) is 5.91 Å². The molecule has 0 saturated carbocycles. The molecule has 0 saturated heterocycles. The Balaban J connectivity index is 1.83. The molecule has 2 aromatic carbocycles. The molecule has 2 heterocycles. The Kier molecular flexibility index (Phi) is 3.99. The maximum atomic E-state index is 13.0. The van der Waals surface area contributed by atoms with Crippen LogP contribution >= 0.6 is 0 Å². The number of hydrogen-bond acceptors (Lipinski definition) is 4. The zero-order valence-corrected chi connectivity index (χ0v) is 14.7. The van der Waals surface area contributed by atoms with Crippen molar-refractivity contribution in [3.8, 4) is 5.75 Å². The van der Waals surface area contributed by atoms with Gasteiger partial charge in [-0.1, -0.05) is 24.3 Å². The maximum Gasteiger partial charge on any atom is 0.336 e. The van der Waals surface area contributed by atoms with Crippen LogP contribution in [-0.2, 0) is 14.3 Å². The zero-order valence-electron chi connectivity index (χ0n) is 14.7. The predicted molar refractivity (Wildman–Crippen MR) is 97.0 cm³/mol. The second kappa shape index (κ2) is 6.33. The number of aryl methyl sites for hydroxylation is 1. The van der Waals surface area contributed by atoms with Gasteiger partial charge in [0.05, 0.1) is 18.4 Å². The summed E-state index contributed by atoms with van der Waals surface area (Å²) in [4.78, 5) is 27.1. The first-order valence-electron chi connectivity index (χ1n) is 8.52. The van der Waals surface area contributed by atoms with E-state index in [1.54, 1.807) is 12.0 Å². The molecule has 5 heteroatoms. The van der Waals surface area contributed by atoms with Gasteiger partial charge >= 0.3 is 5.97 Å². The normalized spacial score (nSPS) is 19.5. The number of cyclic esters (lactones) is 1. The van der Waals surface area contributed by atoms with Crippen LogP contribution in [0.2, 0.25) is 0 Å². The summed E-state index contributed by atoms with van der Waals surface area (Å²) >= 11 is 0. The number of methoxy groups -OCH3 is 1. The standard InChI is InChI=1S/C21H19NO4/c1-13-5-3-7-15(9-13)22-18-12-26-21(24)20(18)17(11-19(22)23)14-6-4-8-16(10-14)25-2/h3-10,17H,11-12H2,1-2H3. The highest BCUT2D eigenvalue weighted by molar-refractivity contribution is 6.06. The summed E-state index contributed by atoms with van der Waals surface area (Å²) in [5.74, 6) is -0.00770. The Morgan fingerprint density at radius 1 is 1.12 bits per heavy atom. The van der Waals surface area contributed by atoms with Gasteiger partial charge < -0.3 is 9.47 Å². The molecule has 2 aliphatic rings. The molecule has 0 radical (unpaired) electrons. The van der Waals surface area contributed by atoms with Crippen molar-refractivity contribution in [2.45, 2.75) is 19.3 Å². The molecule has 0 spiro atoms. The third-order valence-electron chi connectivity index (χ3n) is 4.87. The molecule has 0 aliphatic carbocycles. The van der Waals surface area contributed by atoms with Crippen molar-refractivity contribution in [3.05, 3.63) is 70.9 Å². The van der Waals surface area contributed by atoms with Gasteiger partial charge in [0.25, 0.3) is 0 Å². The second-order valence-electron chi connectivity index (χ2n) is 6.54. The third-order valence-corrected chi connectivity index (χ3v) is 4.87. The molecule has 26 heavy (non-hydrogen) atoms. The molecule has 1 atom stereocenters. The van der Waals surface area contributed by atoms with E-state index in [9.17, 15) is 9.59 Å². The van der Waals surface area contributed by atoms with Crippen LogP contribution in [0.25, 0.3) is 0 Å². The van der Waals surface area contributed by atoms with Crippen molar-refractivity contribution in [1.82, 2.24) is 0 Å². The number of carbonyl (C=O) groups excluding carboxylic acids is 2. The SMILES string of the molecule is COc1cccc(C2CC(=O)N(c3cccc(C)c3)C3=C2C(=O)OC3)c1. The number of esters is 1. The van der Waals surface area contributed by atoms with Gasteiger partial charge in [0.15, 0.2) is 0 Å². The highest BCUT2D eigenvalue weighted by Gasteiger charge is 2.43. The Hall–Kier alpha value is -3.08. The van der Waals surface area contributed by atoms with Crippen LogP contribution in [0, 0.1) is 6.92 Å². The van der Waals surface area contributed by atoms with Crippen LogP contribution in [0.15, 0.2) is 59.8 Å². The van der Waals surface area contributed by atoms with Crippen molar-refractivity contribution in [1.29, 1.82) is 0 Å². The predicted octanol–water partition coefficient (Wildman–Crippen LogP) is 3.34. The minimum absolute atomic E-state index is 0.0412. The van der Waals surface area contributed by atoms with Crippen molar-refractivity contribution in [2.75, 3.05) is 18.6 Å². The smallest absolute Gasteiger partial charge is 0.336 e. The van der Waals surface area contributed by atoms with Crippen LogP contribution < -0.4 is 9.64 Å². The van der Waals surface area contributed by atoms with E-state index in [1.807, 2.05) is 55.5 Å². The summed E-state index contributed by atoms with van der Waals surface area (Å²) < 4.78 is 10.6. The van der Waals surface area contributed by atoms with Crippen LogP contribution in [0.4, 0.5) is 5.69 Å². The average Bonchev–Trinajstić information content (AvgIpc) is 3.02. The lowest BCUT2D eigenvalue weighted by Crippen LogP contribution is -2.37. The lowest BCUT2D eigenvalue weighted by Gasteiger charge is -2.32. The Morgan fingerprint density at radius 3 is 2.69 bits per heavy atom. The van der Waals surface area contributed by atoms with Gasteiger partial charge in [0.1, 0.15) is 12.4 Å². The van der Waals surface area contributed by atoms with E-state index < -0.39 is 0 Å². The lowest BCUT2D eigenvalue weighted by molar-refractivity contribution is -0.136. The maximum absolute atomic E-state index is 13.0. The van der Waals surface area contributed by atoms with E-state index in [0.29, 0.717) is 17.0 Å². The lowest BCUT2D eigenvalue weighted by atomic mass is 9.84. The summed E-state index contributed by atoms with van der Waals surface area (Å²) in [7, 11) is 1.60. The van der Waals surface area contributed by atoms with Gasteiger partial charge in [-0.25, -0.2) is 4.79 Å².